The summed E-state index contributed by atoms with van der Waals surface area (Å²) in [6, 6.07) is 0. The Morgan fingerprint density at radius 1 is 1.21 bits per heavy atom. The second kappa shape index (κ2) is 4.17. The van der Waals surface area contributed by atoms with Crippen molar-refractivity contribution >= 4 is 0 Å². The summed E-state index contributed by atoms with van der Waals surface area (Å²) in [6.07, 6.45) is 7.00. The Labute approximate surface area is 85.1 Å². The number of ether oxygens (including phenoxy) is 1. The van der Waals surface area contributed by atoms with Crippen molar-refractivity contribution in [3.8, 4) is 0 Å². The van der Waals surface area contributed by atoms with Gasteiger partial charge in [0.2, 0.25) is 0 Å². The van der Waals surface area contributed by atoms with Crippen LogP contribution >= 0.6 is 0 Å². The van der Waals surface area contributed by atoms with Gasteiger partial charge in [-0.2, -0.15) is 0 Å². The second-order valence-electron chi connectivity index (χ2n) is 4.75. The zero-order valence-electron chi connectivity index (χ0n) is 8.61. The van der Waals surface area contributed by atoms with E-state index >= 15 is 0 Å². The summed E-state index contributed by atoms with van der Waals surface area (Å²) < 4.78 is 5.49. The van der Waals surface area contributed by atoms with Crippen molar-refractivity contribution in [2.75, 3.05) is 6.61 Å². The highest BCUT2D eigenvalue weighted by atomic mass is 16.6. The second-order valence-corrected chi connectivity index (χ2v) is 4.75. The largest absolute Gasteiger partial charge is 0.396 e. The standard InChI is InChI=1S/C11H20O3/c12-7-4-9-8-11(10(13)14-9)5-2-1-3-6-11/h9-10,12-13H,1-8H2. The van der Waals surface area contributed by atoms with Gasteiger partial charge in [0.1, 0.15) is 0 Å². The van der Waals surface area contributed by atoms with Crippen LogP contribution in [0.3, 0.4) is 0 Å². The molecule has 0 aromatic rings. The summed E-state index contributed by atoms with van der Waals surface area (Å²) in [5.41, 5.74) is 0.0259. The van der Waals surface area contributed by atoms with Gasteiger partial charge in [-0.15, -0.1) is 0 Å². The van der Waals surface area contributed by atoms with Crippen molar-refractivity contribution in [2.24, 2.45) is 5.41 Å². The van der Waals surface area contributed by atoms with Gasteiger partial charge in [0.15, 0.2) is 6.29 Å². The van der Waals surface area contributed by atoms with Gasteiger partial charge in [-0.1, -0.05) is 19.3 Å². The van der Waals surface area contributed by atoms with Crippen molar-refractivity contribution in [2.45, 2.75) is 57.3 Å². The molecule has 1 aliphatic carbocycles. The normalized spacial score (nSPS) is 36.4. The van der Waals surface area contributed by atoms with E-state index in [1.54, 1.807) is 0 Å². The highest BCUT2D eigenvalue weighted by Crippen LogP contribution is 2.48. The summed E-state index contributed by atoms with van der Waals surface area (Å²) in [7, 11) is 0. The van der Waals surface area contributed by atoms with E-state index in [4.69, 9.17) is 9.84 Å². The zero-order chi connectivity index (χ0) is 10.0. The fraction of sp³-hybridized carbons (Fsp3) is 1.00. The molecule has 2 N–H and O–H groups in total. The third-order valence-electron chi connectivity index (χ3n) is 3.78. The summed E-state index contributed by atoms with van der Waals surface area (Å²) in [6.45, 7) is 0.160. The monoisotopic (exact) mass is 200 g/mol. The SMILES string of the molecule is OCCC1CC2(CCCCC2)C(O)O1. The van der Waals surface area contributed by atoms with Crippen LogP contribution in [0.1, 0.15) is 44.9 Å². The van der Waals surface area contributed by atoms with Crippen molar-refractivity contribution in [3.05, 3.63) is 0 Å². The van der Waals surface area contributed by atoms with Gasteiger partial charge in [0.05, 0.1) is 6.10 Å². The van der Waals surface area contributed by atoms with E-state index < -0.39 is 6.29 Å². The molecule has 1 aliphatic heterocycles. The molecule has 0 amide bonds. The molecule has 2 unspecified atom stereocenters. The molecule has 1 saturated heterocycles. The smallest absolute Gasteiger partial charge is 0.160 e. The van der Waals surface area contributed by atoms with Gasteiger partial charge in [0, 0.05) is 12.0 Å². The van der Waals surface area contributed by atoms with Gasteiger partial charge in [-0.25, -0.2) is 0 Å². The number of rotatable bonds is 2. The number of aliphatic hydroxyl groups is 2. The number of hydrogen-bond acceptors (Lipinski definition) is 3. The molecular weight excluding hydrogens is 180 g/mol. The fourth-order valence-corrected chi connectivity index (χ4v) is 2.95. The van der Waals surface area contributed by atoms with Gasteiger partial charge < -0.3 is 14.9 Å². The van der Waals surface area contributed by atoms with E-state index in [2.05, 4.69) is 0 Å². The molecule has 0 aromatic heterocycles. The molecule has 82 valence electrons. The van der Waals surface area contributed by atoms with Gasteiger partial charge in [0.25, 0.3) is 0 Å². The van der Waals surface area contributed by atoms with E-state index in [-0.39, 0.29) is 18.1 Å². The summed E-state index contributed by atoms with van der Waals surface area (Å²) in [5.74, 6) is 0. The first-order chi connectivity index (χ1) is 6.77. The average molecular weight is 200 g/mol. The molecule has 1 saturated carbocycles. The lowest BCUT2D eigenvalue weighted by Crippen LogP contribution is -2.32. The van der Waals surface area contributed by atoms with Crippen LogP contribution in [0, 0.1) is 5.41 Å². The Bertz CT molecular complexity index is 187. The third-order valence-corrected chi connectivity index (χ3v) is 3.78. The number of hydrogen-bond donors (Lipinski definition) is 2. The lowest BCUT2D eigenvalue weighted by molar-refractivity contribution is -0.145. The predicted octanol–water partition coefficient (Wildman–Crippen LogP) is 1.43. The highest BCUT2D eigenvalue weighted by molar-refractivity contribution is 4.92. The Morgan fingerprint density at radius 3 is 2.57 bits per heavy atom. The van der Waals surface area contributed by atoms with Crippen LogP contribution in [0.5, 0.6) is 0 Å². The molecule has 3 nitrogen and oxygen atoms in total. The molecule has 1 heterocycles. The minimum Gasteiger partial charge on any atom is -0.396 e. The van der Waals surface area contributed by atoms with Gasteiger partial charge in [-0.3, -0.25) is 0 Å². The molecular formula is C11H20O3. The summed E-state index contributed by atoms with van der Waals surface area (Å²) in [5, 5.41) is 18.7. The van der Waals surface area contributed by atoms with Crippen LogP contribution in [0.2, 0.25) is 0 Å². The quantitative estimate of drug-likeness (QED) is 0.709. The zero-order valence-corrected chi connectivity index (χ0v) is 8.61. The van der Waals surface area contributed by atoms with Crippen molar-refractivity contribution < 1.29 is 14.9 Å². The van der Waals surface area contributed by atoms with E-state index in [1.165, 1.54) is 19.3 Å². The lowest BCUT2D eigenvalue weighted by Gasteiger charge is -2.34. The maximum Gasteiger partial charge on any atom is 0.160 e. The maximum absolute atomic E-state index is 9.90. The van der Waals surface area contributed by atoms with Crippen LogP contribution in [-0.2, 0) is 4.74 Å². The van der Waals surface area contributed by atoms with Crippen LogP contribution in [-0.4, -0.2) is 29.2 Å². The molecule has 2 fully saturated rings. The molecule has 2 atom stereocenters. The fourth-order valence-electron chi connectivity index (χ4n) is 2.95. The van der Waals surface area contributed by atoms with E-state index in [9.17, 15) is 5.11 Å². The Morgan fingerprint density at radius 2 is 1.93 bits per heavy atom. The third kappa shape index (κ3) is 1.81. The van der Waals surface area contributed by atoms with E-state index in [0.717, 1.165) is 19.3 Å². The Kier molecular flexibility index (Phi) is 3.10. The molecule has 0 radical (unpaired) electrons. The average Bonchev–Trinajstić information content (AvgIpc) is 2.45. The van der Waals surface area contributed by atoms with Crippen molar-refractivity contribution in [1.82, 2.24) is 0 Å². The topological polar surface area (TPSA) is 49.7 Å². The van der Waals surface area contributed by atoms with Crippen LogP contribution in [0.15, 0.2) is 0 Å². The summed E-state index contributed by atoms with van der Waals surface area (Å²) in [4.78, 5) is 0. The first-order valence-corrected chi connectivity index (χ1v) is 5.71. The highest BCUT2D eigenvalue weighted by Gasteiger charge is 2.47. The van der Waals surface area contributed by atoms with Crippen molar-refractivity contribution in [1.29, 1.82) is 0 Å². The van der Waals surface area contributed by atoms with Crippen molar-refractivity contribution in [3.63, 3.8) is 0 Å². The van der Waals surface area contributed by atoms with Gasteiger partial charge in [-0.05, 0) is 25.7 Å². The molecule has 14 heavy (non-hydrogen) atoms. The molecule has 0 aromatic carbocycles. The summed E-state index contributed by atoms with van der Waals surface area (Å²) >= 11 is 0. The molecule has 0 bridgehead atoms. The predicted molar refractivity (Wildman–Crippen MR) is 52.7 cm³/mol. The van der Waals surface area contributed by atoms with E-state index in [1.807, 2.05) is 0 Å². The lowest BCUT2D eigenvalue weighted by atomic mass is 9.71. The van der Waals surface area contributed by atoms with Crippen LogP contribution in [0.25, 0.3) is 0 Å². The molecule has 1 spiro atoms. The first kappa shape index (κ1) is 10.4. The van der Waals surface area contributed by atoms with Crippen LogP contribution in [0.4, 0.5) is 0 Å². The molecule has 2 aliphatic rings. The minimum atomic E-state index is -0.584. The molecule has 2 rings (SSSR count). The maximum atomic E-state index is 9.90. The van der Waals surface area contributed by atoms with E-state index in [0.29, 0.717) is 6.42 Å². The first-order valence-electron chi connectivity index (χ1n) is 5.71. The van der Waals surface area contributed by atoms with Gasteiger partial charge >= 0.3 is 0 Å². The van der Waals surface area contributed by atoms with Crippen LogP contribution < -0.4 is 0 Å². The minimum absolute atomic E-state index is 0.0259. The molecule has 3 heteroatoms. The Balaban J connectivity index is 1.98. The number of aliphatic hydroxyl groups excluding tert-OH is 2. The Hall–Kier alpha value is -0.120.